The fourth-order valence-corrected chi connectivity index (χ4v) is 0. The zero-order valence-electron chi connectivity index (χ0n) is 5.82. The molecule has 0 radical (unpaired) electrons. The second kappa shape index (κ2) is 335. The van der Waals surface area contributed by atoms with Crippen molar-refractivity contribution in [2.45, 2.75) is 0 Å². The van der Waals surface area contributed by atoms with Crippen molar-refractivity contribution in [2.75, 3.05) is 0 Å². The van der Waals surface area contributed by atoms with Crippen LogP contribution in [-0.2, 0) is 21.1 Å². The maximum Gasteiger partial charge on any atom is 1.00 e. The van der Waals surface area contributed by atoms with Gasteiger partial charge in [0.15, 0.2) is 0 Å². The minimum atomic E-state index is 0. The summed E-state index contributed by atoms with van der Waals surface area (Å²) in [4.78, 5) is 0. The van der Waals surface area contributed by atoms with E-state index in [0.29, 0.717) is 0 Å². The molecule has 0 heterocycles. The molecule has 9 heteroatoms. The van der Waals surface area contributed by atoms with E-state index in [0.717, 1.165) is 0 Å². The van der Waals surface area contributed by atoms with Crippen molar-refractivity contribution in [3.05, 3.63) is 0 Å². The Balaban J connectivity index is 0. The average molecular weight is 345 g/mol. The minimum absolute atomic E-state index is 0. The minimum Gasteiger partial charge on any atom is -1.00 e. The van der Waals surface area contributed by atoms with E-state index in [2.05, 4.69) is 0 Å². The van der Waals surface area contributed by atoms with Gasteiger partial charge >= 0.3 is 29.6 Å². The summed E-state index contributed by atoms with van der Waals surface area (Å²) in [5.74, 6) is 0. The summed E-state index contributed by atoms with van der Waals surface area (Å²) in [6.45, 7) is 0. The van der Waals surface area contributed by atoms with Crippen LogP contribution in [0.25, 0.3) is 0 Å². The predicted molar refractivity (Wildman–Crippen MR) is 26.4 cm³/mol. The normalized spacial score (nSPS) is 0. The molecule has 0 amide bonds. The molecule has 0 aliphatic rings. The summed E-state index contributed by atoms with van der Waals surface area (Å²) < 4.78 is 0. The summed E-state index contributed by atoms with van der Waals surface area (Å²) in [5, 5.41) is 0. The third-order valence-electron chi connectivity index (χ3n) is 0. The van der Waals surface area contributed by atoms with Crippen molar-refractivity contribution >= 4 is 0 Å². The van der Waals surface area contributed by atoms with Crippen molar-refractivity contribution in [3.63, 3.8) is 0 Å². The van der Waals surface area contributed by atoms with E-state index in [4.69, 9.17) is 0 Å². The Hall–Kier alpha value is 1.41. The molecule has 0 aliphatic carbocycles. The Kier molecular flexibility index (Phi) is 17300. The van der Waals surface area contributed by atoms with Crippen molar-refractivity contribution in [1.29, 1.82) is 0 Å². The van der Waals surface area contributed by atoms with Crippen LogP contribution >= 0.6 is 0 Å². The largest absolute Gasteiger partial charge is 1.00 e. The van der Waals surface area contributed by atoms with Gasteiger partial charge in [0.1, 0.15) is 0 Å². The van der Waals surface area contributed by atoms with Gasteiger partial charge < -0.3 is 39.8 Å². The Morgan fingerprint density at radius 2 is 0.444 bits per heavy atom. The number of hydrogen-bond donors (Lipinski definition) is 0. The smallest absolute Gasteiger partial charge is 1.00 e. The predicted octanol–water partition coefficient (Wildman–Crippen LogP) is -8.66. The van der Waals surface area contributed by atoms with Crippen molar-refractivity contribution in [3.8, 4) is 0 Å². The monoisotopic (exact) mass is 345 g/mol. The number of rotatable bonds is 0. The van der Waals surface area contributed by atoms with Gasteiger partial charge in [0, 0.05) is 21.1 Å². The summed E-state index contributed by atoms with van der Waals surface area (Å²) in [5.41, 5.74) is 0. The van der Waals surface area contributed by atoms with Gasteiger partial charge in [0.05, 0.1) is 0 Å². The molecule has 0 aliphatic heterocycles. The summed E-state index contributed by atoms with van der Waals surface area (Å²) in [7, 11) is 0. The van der Waals surface area contributed by atoms with Gasteiger partial charge in [-0.05, 0) is 0 Å². The average Bonchev–Trinajstić information content (AvgIpc) is 0. The van der Waals surface area contributed by atoms with Gasteiger partial charge in [-0.1, -0.05) is 0 Å². The zero-order valence-corrected chi connectivity index (χ0v) is 9.09. The van der Waals surface area contributed by atoms with Gasteiger partial charge in [-0.3, -0.25) is 0 Å². The second-order valence-corrected chi connectivity index (χ2v) is 0. The Morgan fingerprint density at radius 1 is 0.444 bits per heavy atom. The summed E-state index contributed by atoms with van der Waals surface area (Å²) >= 11 is 0. The van der Waals surface area contributed by atoms with Gasteiger partial charge in [0.2, 0.25) is 0 Å². The number of hydrogen-bond acceptors (Lipinski definition) is 0. The molecule has 0 aromatic heterocycles. The maximum absolute atomic E-state index is 0. The van der Waals surface area contributed by atoms with E-state index in [1.165, 1.54) is 0 Å². The van der Waals surface area contributed by atoms with Crippen LogP contribution in [0.15, 0.2) is 0 Å². The van der Waals surface area contributed by atoms with E-state index >= 15 is 0 Å². The van der Waals surface area contributed by atoms with E-state index in [1.807, 2.05) is 0 Å². The molecular formula is H15NaO7Pt. The van der Waals surface area contributed by atoms with Gasteiger partial charge in [-0.2, -0.15) is 0 Å². The Bertz CT molecular complexity index is 13.6. The first-order chi connectivity index (χ1) is 0. The summed E-state index contributed by atoms with van der Waals surface area (Å²) in [6.07, 6.45) is 0. The molecule has 68 valence electrons. The Morgan fingerprint density at radius 3 is 0.444 bits per heavy atom. The quantitative estimate of drug-likeness (QED) is 0.373. The fourth-order valence-electron chi connectivity index (χ4n) is 0. The molecule has 0 bridgehead atoms. The first-order valence-electron chi connectivity index (χ1n) is 0. The van der Waals surface area contributed by atoms with Crippen LogP contribution in [0.5, 0.6) is 0 Å². The van der Waals surface area contributed by atoms with Gasteiger partial charge in [-0.25, -0.2) is 0 Å². The molecule has 0 unspecified atom stereocenters. The summed E-state index contributed by atoms with van der Waals surface area (Å²) in [6, 6.07) is 0. The van der Waals surface area contributed by atoms with Crippen LogP contribution in [0.4, 0.5) is 0 Å². The molecule has 7 nitrogen and oxygen atoms in total. The van der Waals surface area contributed by atoms with Crippen LogP contribution in [0.2, 0.25) is 0 Å². The van der Waals surface area contributed by atoms with Crippen LogP contribution < -0.4 is 29.6 Å². The first-order valence-corrected chi connectivity index (χ1v) is 0. The molecule has 0 rings (SSSR count). The van der Waals surface area contributed by atoms with Crippen LogP contribution in [0.1, 0.15) is 1.43 Å². The molecule has 0 aromatic rings. The molecule has 9 heavy (non-hydrogen) atoms. The molecule has 0 saturated heterocycles. The third kappa shape index (κ3) is 260. The van der Waals surface area contributed by atoms with E-state index in [9.17, 15) is 0 Å². The molecular weight excluding hydrogens is 330 g/mol. The molecule has 0 saturated carbocycles. The molecule has 0 spiro atoms. The second-order valence-electron chi connectivity index (χ2n) is 0. The first kappa shape index (κ1) is 465. The van der Waals surface area contributed by atoms with E-state index < -0.39 is 0 Å². The topological polar surface area (TPSA) is 220 Å². The zero-order chi connectivity index (χ0) is 0. The van der Waals surface area contributed by atoms with Crippen LogP contribution in [-0.4, -0.2) is 38.3 Å². The molecule has 0 atom stereocenters. The van der Waals surface area contributed by atoms with Crippen molar-refractivity contribution in [1.82, 2.24) is 0 Å². The SMILES string of the molecule is O.O.O.O.O.O.O.[H-].[Na+].[Pt]. The van der Waals surface area contributed by atoms with Gasteiger partial charge in [0.25, 0.3) is 0 Å². The van der Waals surface area contributed by atoms with E-state index in [-0.39, 0.29) is 90.4 Å². The fraction of sp³-hybridized carbons (Fsp3) is 0. The van der Waals surface area contributed by atoms with Crippen molar-refractivity contribution in [2.24, 2.45) is 0 Å². The third-order valence-corrected chi connectivity index (χ3v) is 0. The van der Waals surface area contributed by atoms with Gasteiger partial charge in [-0.15, -0.1) is 0 Å². The molecule has 0 fully saturated rings. The van der Waals surface area contributed by atoms with E-state index in [1.54, 1.807) is 0 Å². The molecule has 14 N–H and O–H groups in total. The van der Waals surface area contributed by atoms with Crippen LogP contribution in [0.3, 0.4) is 0 Å². The van der Waals surface area contributed by atoms with Crippen molar-refractivity contribution < 1.29 is 90.4 Å². The molecule has 0 aromatic carbocycles. The standard InChI is InChI=1S/Na.7H2O.Pt.H/h;7*1H2;;/q+1;;;;;;;;;-1. The maximum atomic E-state index is 0. The van der Waals surface area contributed by atoms with Crippen LogP contribution in [0, 0.1) is 0 Å². The Labute approximate surface area is 90.0 Å².